The monoisotopic (exact) mass is 246 g/mol. The van der Waals surface area contributed by atoms with Gasteiger partial charge in [0.25, 0.3) is 0 Å². The highest BCUT2D eigenvalue weighted by Gasteiger charge is 2.41. The van der Waals surface area contributed by atoms with E-state index in [1.807, 2.05) is 31.2 Å². The largest absolute Gasteiger partial charge is 0.497 e. The van der Waals surface area contributed by atoms with Crippen LogP contribution in [0, 0.1) is 5.92 Å². The van der Waals surface area contributed by atoms with Gasteiger partial charge < -0.3 is 9.53 Å². The van der Waals surface area contributed by atoms with Crippen LogP contribution in [0.2, 0.25) is 0 Å². The van der Waals surface area contributed by atoms with Crippen LogP contribution >= 0.6 is 0 Å². The molecule has 2 atom stereocenters. The molecule has 0 aliphatic heterocycles. The molecule has 1 fully saturated rings. The van der Waals surface area contributed by atoms with Crippen molar-refractivity contribution in [1.29, 1.82) is 0 Å². The van der Waals surface area contributed by atoms with Crippen molar-refractivity contribution in [3.63, 3.8) is 0 Å². The number of ketones is 1. The van der Waals surface area contributed by atoms with Crippen LogP contribution in [0.15, 0.2) is 24.3 Å². The third-order valence-corrected chi connectivity index (χ3v) is 3.96. The maximum atomic E-state index is 12.4. The summed E-state index contributed by atoms with van der Waals surface area (Å²) in [5, 5.41) is 0. The van der Waals surface area contributed by atoms with Crippen LogP contribution < -0.4 is 4.74 Å². The highest BCUT2D eigenvalue weighted by Crippen LogP contribution is 2.38. The molecule has 0 radical (unpaired) electrons. The predicted octanol–water partition coefficient (Wildman–Crippen LogP) is 2.52. The van der Waals surface area contributed by atoms with Crippen molar-refractivity contribution in [2.75, 3.05) is 7.11 Å². The lowest BCUT2D eigenvalue weighted by Gasteiger charge is -2.35. The van der Waals surface area contributed by atoms with Crippen LogP contribution in [-0.2, 0) is 15.0 Å². The maximum absolute atomic E-state index is 12.4. The van der Waals surface area contributed by atoms with E-state index in [0.717, 1.165) is 30.4 Å². The lowest BCUT2D eigenvalue weighted by atomic mass is 9.66. The van der Waals surface area contributed by atoms with Gasteiger partial charge in [-0.05, 0) is 37.5 Å². The first-order chi connectivity index (χ1) is 8.61. The Morgan fingerprint density at radius 3 is 2.56 bits per heavy atom. The number of hydrogen-bond donors (Lipinski definition) is 0. The molecule has 1 aromatic rings. The number of Topliss-reactive ketones (excluding diaryl/α,β-unsaturated/α-hetero) is 1. The molecule has 0 aromatic heterocycles. The zero-order valence-corrected chi connectivity index (χ0v) is 10.8. The van der Waals surface area contributed by atoms with E-state index in [0.29, 0.717) is 6.42 Å². The standard InChI is InChI=1S/C15H18O3/c1-15(9-3-4-11(10-16)14(15)17)12-5-7-13(18-2)8-6-12/h5-8,10-11H,3-4,9H2,1-2H3. The second kappa shape index (κ2) is 4.92. The molecule has 0 heterocycles. The molecule has 2 unspecified atom stereocenters. The minimum atomic E-state index is -0.532. The van der Waals surface area contributed by atoms with Gasteiger partial charge in [-0.15, -0.1) is 0 Å². The number of ether oxygens (including phenoxy) is 1. The third kappa shape index (κ3) is 2.05. The Hall–Kier alpha value is -1.64. The first kappa shape index (κ1) is 12.8. The van der Waals surface area contributed by atoms with Crippen LogP contribution in [0.3, 0.4) is 0 Å². The van der Waals surface area contributed by atoms with Crippen LogP contribution in [0.25, 0.3) is 0 Å². The molecule has 1 aliphatic rings. The molecule has 3 nitrogen and oxygen atoms in total. The summed E-state index contributed by atoms with van der Waals surface area (Å²) in [6.07, 6.45) is 3.21. The molecule has 3 heteroatoms. The fourth-order valence-corrected chi connectivity index (χ4v) is 2.71. The van der Waals surface area contributed by atoms with Crippen LogP contribution in [0.1, 0.15) is 31.7 Å². The minimum Gasteiger partial charge on any atom is -0.497 e. The summed E-state index contributed by atoms with van der Waals surface area (Å²) in [6, 6.07) is 7.56. The van der Waals surface area contributed by atoms with E-state index in [2.05, 4.69) is 0 Å². The molecule has 0 saturated heterocycles. The molecule has 2 rings (SSSR count). The third-order valence-electron chi connectivity index (χ3n) is 3.96. The average Bonchev–Trinajstić information content (AvgIpc) is 2.42. The molecule has 1 aromatic carbocycles. The summed E-state index contributed by atoms with van der Waals surface area (Å²) in [5.74, 6) is 0.386. The quantitative estimate of drug-likeness (QED) is 0.608. The van der Waals surface area contributed by atoms with Crippen molar-refractivity contribution >= 4 is 12.1 Å². The fourth-order valence-electron chi connectivity index (χ4n) is 2.71. The molecule has 0 spiro atoms. The first-order valence-corrected chi connectivity index (χ1v) is 6.26. The van der Waals surface area contributed by atoms with E-state index in [4.69, 9.17) is 4.74 Å². The van der Waals surface area contributed by atoms with E-state index >= 15 is 0 Å². The van der Waals surface area contributed by atoms with Gasteiger partial charge in [0.15, 0.2) is 5.78 Å². The lowest BCUT2D eigenvalue weighted by Crippen LogP contribution is -2.41. The van der Waals surface area contributed by atoms with Crippen LogP contribution in [-0.4, -0.2) is 19.2 Å². The number of methoxy groups -OCH3 is 1. The van der Waals surface area contributed by atoms with E-state index in [1.54, 1.807) is 7.11 Å². The summed E-state index contributed by atoms with van der Waals surface area (Å²) in [6.45, 7) is 1.94. The number of aldehydes is 1. The van der Waals surface area contributed by atoms with Gasteiger partial charge in [0.05, 0.1) is 18.4 Å². The van der Waals surface area contributed by atoms with E-state index in [-0.39, 0.29) is 5.78 Å². The molecule has 0 amide bonds. The Bertz CT molecular complexity index is 449. The van der Waals surface area contributed by atoms with Gasteiger partial charge in [-0.2, -0.15) is 0 Å². The van der Waals surface area contributed by atoms with Crippen molar-refractivity contribution in [3.8, 4) is 5.75 Å². The number of hydrogen-bond acceptors (Lipinski definition) is 3. The molecule has 1 aliphatic carbocycles. The maximum Gasteiger partial charge on any atom is 0.153 e. The Balaban J connectivity index is 2.33. The second-order valence-electron chi connectivity index (χ2n) is 5.06. The predicted molar refractivity (Wildman–Crippen MR) is 68.8 cm³/mol. The van der Waals surface area contributed by atoms with Crippen molar-refractivity contribution in [3.05, 3.63) is 29.8 Å². The van der Waals surface area contributed by atoms with Crippen LogP contribution in [0.5, 0.6) is 5.75 Å². The Kier molecular flexibility index (Phi) is 3.50. The Morgan fingerprint density at radius 1 is 1.33 bits per heavy atom. The molecule has 0 N–H and O–H groups in total. The van der Waals surface area contributed by atoms with Gasteiger partial charge in [-0.25, -0.2) is 0 Å². The van der Waals surface area contributed by atoms with Crippen molar-refractivity contribution in [1.82, 2.24) is 0 Å². The van der Waals surface area contributed by atoms with Gasteiger partial charge in [-0.1, -0.05) is 18.6 Å². The lowest BCUT2D eigenvalue weighted by molar-refractivity contribution is -0.134. The number of carbonyl (C=O) groups is 2. The molecular weight excluding hydrogens is 228 g/mol. The van der Waals surface area contributed by atoms with Gasteiger partial charge in [0, 0.05) is 0 Å². The minimum absolute atomic E-state index is 0.0499. The summed E-state index contributed by atoms with van der Waals surface area (Å²) >= 11 is 0. The second-order valence-corrected chi connectivity index (χ2v) is 5.06. The molecule has 96 valence electrons. The van der Waals surface area contributed by atoms with Gasteiger partial charge >= 0.3 is 0 Å². The summed E-state index contributed by atoms with van der Waals surface area (Å²) < 4.78 is 5.12. The van der Waals surface area contributed by atoms with E-state index in [1.165, 1.54) is 0 Å². The van der Waals surface area contributed by atoms with Crippen molar-refractivity contribution < 1.29 is 14.3 Å². The Labute approximate surface area is 107 Å². The number of benzene rings is 1. The van der Waals surface area contributed by atoms with Gasteiger partial charge in [-0.3, -0.25) is 4.79 Å². The topological polar surface area (TPSA) is 43.4 Å². The summed E-state index contributed by atoms with van der Waals surface area (Å²) in [4.78, 5) is 23.3. The molecule has 18 heavy (non-hydrogen) atoms. The Morgan fingerprint density at radius 2 is 2.00 bits per heavy atom. The van der Waals surface area contributed by atoms with Gasteiger partial charge in [0.1, 0.15) is 12.0 Å². The molecule has 0 bridgehead atoms. The van der Waals surface area contributed by atoms with Crippen molar-refractivity contribution in [2.45, 2.75) is 31.6 Å². The summed E-state index contributed by atoms with van der Waals surface area (Å²) in [7, 11) is 1.62. The fraction of sp³-hybridized carbons (Fsp3) is 0.467. The average molecular weight is 246 g/mol. The highest BCUT2D eigenvalue weighted by molar-refractivity contribution is 6.00. The van der Waals surface area contributed by atoms with Crippen molar-refractivity contribution in [2.24, 2.45) is 5.92 Å². The summed E-state index contributed by atoms with van der Waals surface area (Å²) in [5.41, 5.74) is 0.440. The zero-order chi connectivity index (χ0) is 13.2. The molecular formula is C15H18O3. The number of rotatable bonds is 3. The smallest absolute Gasteiger partial charge is 0.153 e. The van der Waals surface area contributed by atoms with Gasteiger partial charge in [0.2, 0.25) is 0 Å². The normalized spacial score (nSPS) is 27.9. The van der Waals surface area contributed by atoms with E-state index in [9.17, 15) is 9.59 Å². The SMILES string of the molecule is COc1ccc(C2(C)CCCC(C=O)C2=O)cc1. The molecule has 1 saturated carbocycles. The highest BCUT2D eigenvalue weighted by atomic mass is 16.5. The van der Waals surface area contributed by atoms with Crippen LogP contribution in [0.4, 0.5) is 0 Å². The van der Waals surface area contributed by atoms with E-state index < -0.39 is 11.3 Å². The first-order valence-electron chi connectivity index (χ1n) is 6.26. The number of carbonyl (C=O) groups excluding carboxylic acids is 2. The zero-order valence-electron chi connectivity index (χ0n) is 10.8.